The third-order valence-corrected chi connectivity index (χ3v) is 3.95. The second kappa shape index (κ2) is 6.66. The number of aryl methyl sites for hydroxylation is 1. The number of cyclic esters (lactones) is 1. The molecular weight excluding hydrogens is 335 g/mol. The van der Waals surface area contributed by atoms with Crippen molar-refractivity contribution in [3.8, 4) is 5.75 Å². The Morgan fingerprint density at radius 2 is 1.84 bits per heavy atom. The van der Waals surface area contributed by atoms with Crippen LogP contribution in [0.5, 0.6) is 5.75 Å². The van der Waals surface area contributed by atoms with Crippen LogP contribution in [-0.2, 0) is 11.3 Å². The first-order chi connectivity index (χ1) is 11.8. The number of amides is 1. The summed E-state index contributed by atoms with van der Waals surface area (Å²) in [6.07, 6.45) is -5.51. The lowest BCUT2D eigenvalue weighted by molar-refractivity contribution is -0.274. The third kappa shape index (κ3) is 4.23. The molecule has 1 unspecified atom stereocenters. The molecule has 0 aromatic heterocycles. The van der Waals surface area contributed by atoms with Crippen LogP contribution < -0.4 is 4.74 Å². The van der Waals surface area contributed by atoms with Gasteiger partial charge in [-0.15, -0.1) is 13.2 Å². The van der Waals surface area contributed by atoms with Gasteiger partial charge < -0.3 is 9.47 Å². The summed E-state index contributed by atoms with van der Waals surface area (Å²) in [6, 6.07) is 13.1. The van der Waals surface area contributed by atoms with E-state index >= 15 is 0 Å². The van der Waals surface area contributed by atoms with E-state index in [0.29, 0.717) is 12.1 Å². The molecule has 1 atom stereocenters. The standard InChI is InChI=1S/C18H16F3NO3/c1-12-4-2-3-5-15(12)16-11-22(17(23)24-16)10-13-6-8-14(9-7-13)25-18(19,20)21/h2-9,16H,10-11H2,1H3. The zero-order valence-corrected chi connectivity index (χ0v) is 13.4. The Bertz CT molecular complexity index is 759. The summed E-state index contributed by atoms with van der Waals surface area (Å²) in [5, 5.41) is 0. The van der Waals surface area contributed by atoms with E-state index in [0.717, 1.165) is 11.1 Å². The largest absolute Gasteiger partial charge is 0.573 e. The molecule has 1 heterocycles. The lowest BCUT2D eigenvalue weighted by Crippen LogP contribution is -2.23. The maximum atomic E-state index is 12.2. The Labute approximate surface area is 142 Å². The van der Waals surface area contributed by atoms with Crippen LogP contribution in [-0.4, -0.2) is 23.9 Å². The van der Waals surface area contributed by atoms with Gasteiger partial charge in [0.15, 0.2) is 0 Å². The highest BCUT2D eigenvalue weighted by Gasteiger charge is 2.33. The third-order valence-electron chi connectivity index (χ3n) is 3.95. The van der Waals surface area contributed by atoms with E-state index in [1.165, 1.54) is 29.2 Å². The molecule has 25 heavy (non-hydrogen) atoms. The fraction of sp³-hybridized carbons (Fsp3) is 0.278. The first-order valence-corrected chi connectivity index (χ1v) is 7.67. The summed E-state index contributed by atoms with van der Waals surface area (Å²) in [5.41, 5.74) is 2.68. The quantitative estimate of drug-likeness (QED) is 0.809. The van der Waals surface area contributed by atoms with Crippen LogP contribution >= 0.6 is 0 Å². The van der Waals surface area contributed by atoms with Crippen molar-refractivity contribution in [2.45, 2.75) is 25.9 Å². The van der Waals surface area contributed by atoms with E-state index in [-0.39, 0.29) is 18.4 Å². The number of ether oxygens (including phenoxy) is 2. The first-order valence-electron chi connectivity index (χ1n) is 7.67. The lowest BCUT2D eigenvalue weighted by Gasteiger charge is -2.14. The van der Waals surface area contributed by atoms with E-state index in [1.807, 2.05) is 31.2 Å². The molecule has 2 aromatic rings. The van der Waals surface area contributed by atoms with Gasteiger partial charge in [-0.05, 0) is 35.7 Å². The minimum atomic E-state index is -4.72. The van der Waals surface area contributed by atoms with Crippen LogP contribution in [0.15, 0.2) is 48.5 Å². The minimum Gasteiger partial charge on any atom is -0.439 e. The molecule has 0 N–H and O–H groups in total. The SMILES string of the molecule is Cc1ccccc1C1CN(Cc2ccc(OC(F)(F)F)cc2)C(=O)O1. The molecule has 7 heteroatoms. The lowest BCUT2D eigenvalue weighted by atomic mass is 10.0. The number of benzene rings is 2. The number of hydrogen-bond acceptors (Lipinski definition) is 3. The Morgan fingerprint density at radius 3 is 2.48 bits per heavy atom. The van der Waals surface area contributed by atoms with Gasteiger partial charge in [-0.25, -0.2) is 4.79 Å². The molecule has 4 nitrogen and oxygen atoms in total. The molecule has 2 aromatic carbocycles. The molecular formula is C18H16F3NO3. The number of rotatable bonds is 4. The minimum absolute atomic E-state index is 0.257. The average molecular weight is 351 g/mol. The zero-order chi connectivity index (χ0) is 18.0. The van der Waals surface area contributed by atoms with Gasteiger partial charge in [0.1, 0.15) is 11.9 Å². The topological polar surface area (TPSA) is 38.8 Å². The summed E-state index contributed by atoms with van der Waals surface area (Å²) in [5.74, 6) is -0.293. The fourth-order valence-corrected chi connectivity index (χ4v) is 2.76. The number of nitrogens with zero attached hydrogens (tertiary/aromatic N) is 1. The van der Waals surface area contributed by atoms with Gasteiger partial charge in [0.05, 0.1) is 6.54 Å². The number of halogens is 3. The molecule has 1 aliphatic heterocycles. The molecule has 1 saturated heterocycles. The van der Waals surface area contributed by atoms with E-state index in [4.69, 9.17) is 4.74 Å². The summed E-state index contributed by atoms with van der Waals surface area (Å²) in [4.78, 5) is 13.6. The van der Waals surface area contributed by atoms with Crippen molar-refractivity contribution in [1.82, 2.24) is 4.90 Å². The molecule has 1 amide bonds. The van der Waals surface area contributed by atoms with E-state index in [9.17, 15) is 18.0 Å². The maximum Gasteiger partial charge on any atom is 0.573 e. The van der Waals surface area contributed by atoms with Crippen molar-refractivity contribution < 1.29 is 27.4 Å². The van der Waals surface area contributed by atoms with Crippen molar-refractivity contribution in [3.05, 3.63) is 65.2 Å². The Hall–Kier alpha value is -2.70. The van der Waals surface area contributed by atoms with Crippen LogP contribution in [0.3, 0.4) is 0 Å². The maximum absolute atomic E-state index is 12.2. The summed E-state index contributed by atoms with van der Waals surface area (Å²) in [6.45, 7) is 2.60. The Kier molecular flexibility index (Phi) is 4.57. The molecule has 0 spiro atoms. The van der Waals surface area contributed by atoms with E-state index < -0.39 is 12.5 Å². The van der Waals surface area contributed by atoms with Crippen molar-refractivity contribution in [2.24, 2.45) is 0 Å². The normalized spacial score (nSPS) is 17.5. The van der Waals surface area contributed by atoms with Crippen molar-refractivity contribution in [1.29, 1.82) is 0 Å². The van der Waals surface area contributed by atoms with Crippen molar-refractivity contribution in [3.63, 3.8) is 0 Å². The van der Waals surface area contributed by atoms with Gasteiger partial charge >= 0.3 is 12.5 Å². The average Bonchev–Trinajstić information content (AvgIpc) is 2.89. The van der Waals surface area contributed by atoms with Crippen molar-refractivity contribution >= 4 is 6.09 Å². The number of hydrogen-bond donors (Lipinski definition) is 0. The van der Waals surface area contributed by atoms with Crippen molar-refractivity contribution in [2.75, 3.05) is 6.54 Å². The van der Waals surface area contributed by atoms with Crippen LogP contribution in [0, 0.1) is 6.92 Å². The highest BCUT2D eigenvalue weighted by Crippen LogP contribution is 2.29. The van der Waals surface area contributed by atoms with Gasteiger partial charge in [-0.3, -0.25) is 4.90 Å². The van der Waals surface area contributed by atoms with Gasteiger partial charge in [0.2, 0.25) is 0 Å². The number of carbonyl (C=O) groups is 1. The van der Waals surface area contributed by atoms with Crippen LogP contribution in [0.25, 0.3) is 0 Å². The molecule has 0 saturated carbocycles. The van der Waals surface area contributed by atoms with Gasteiger partial charge in [0, 0.05) is 6.54 Å². The second-order valence-electron chi connectivity index (χ2n) is 5.80. The molecule has 132 valence electrons. The molecule has 3 rings (SSSR count). The van der Waals surface area contributed by atoms with Gasteiger partial charge in [0.25, 0.3) is 0 Å². The summed E-state index contributed by atoms with van der Waals surface area (Å²) < 4.78 is 45.7. The monoisotopic (exact) mass is 351 g/mol. The molecule has 1 aliphatic rings. The molecule has 0 aliphatic carbocycles. The Balaban J connectivity index is 1.65. The van der Waals surface area contributed by atoms with Crippen LogP contribution in [0.2, 0.25) is 0 Å². The molecule has 0 radical (unpaired) electrons. The van der Waals surface area contributed by atoms with Crippen LogP contribution in [0.1, 0.15) is 22.8 Å². The number of carbonyl (C=O) groups excluding carboxylic acids is 1. The highest BCUT2D eigenvalue weighted by molar-refractivity contribution is 5.70. The van der Waals surface area contributed by atoms with Gasteiger partial charge in [-0.1, -0.05) is 36.4 Å². The molecule has 1 fully saturated rings. The van der Waals surface area contributed by atoms with E-state index in [1.54, 1.807) is 0 Å². The fourth-order valence-electron chi connectivity index (χ4n) is 2.76. The predicted molar refractivity (Wildman–Crippen MR) is 83.9 cm³/mol. The van der Waals surface area contributed by atoms with Crippen LogP contribution in [0.4, 0.5) is 18.0 Å². The number of alkyl halides is 3. The summed E-state index contributed by atoms with van der Waals surface area (Å²) in [7, 11) is 0. The second-order valence-corrected chi connectivity index (χ2v) is 5.80. The predicted octanol–water partition coefficient (Wildman–Crippen LogP) is 4.59. The Morgan fingerprint density at radius 1 is 1.16 bits per heavy atom. The highest BCUT2D eigenvalue weighted by atomic mass is 19.4. The smallest absolute Gasteiger partial charge is 0.439 e. The summed E-state index contributed by atoms with van der Waals surface area (Å²) >= 11 is 0. The van der Waals surface area contributed by atoms with E-state index in [2.05, 4.69) is 4.74 Å². The zero-order valence-electron chi connectivity index (χ0n) is 13.4. The van der Waals surface area contributed by atoms with Gasteiger partial charge in [-0.2, -0.15) is 0 Å². The molecule has 0 bridgehead atoms. The first kappa shape index (κ1) is 17.1.